The van der Waals surface area contributed by atoms with E-state index in [4.69, 9.17) is 9.47 Å². The summed E-state index contributed by atoms with van der Waals surface area (Å²) in [5.74, 6) is 0.269. The third kappa shape index (κ3) is 5.29. The van der Waals surface area contributed by atoms with Crippen LogP contribution in [0, 0.1) is 9.39 Å². The molecule has 1 fully saturated rings. The number of hydrogen-bond donors (Lipinski definition) is 1. The molecule has 6 nitrogen and oxygen atoms in total. The lowest BCUT2D eigenvalue weighted by Crippen LogP contribution is -2.30. The topological polar surface area (TPSA) is 67.9 Å². The number of carbonyl (C=O) groups excluding carboxylic acids is 2. The van der Waals surface area contributed by atoms with Crippen molar-refractivity contribution >= 4 is 51.4 Å². The van der Waals surface area contributed by atoms with E-state index in [2.05, 4.69) is 46.1 Å². The monoisotopic (exact) mass is 608 g/mol. The summed E-state index contributed by atoms with van der Waals surface area (Å²) in [6, 6.07) is 23.0. The Morgan fingerprint density at radius 1 is 1.00 bits per heavy atom. The minimum absolute atomic E-state index is 0.0457. The van der Waals surface area contributed by atoms with Crippen molar-refractivity contribution in [3.05, 3.63) is 111 Å². The molecule has 0 atom stereocenters. The van der Waals surface area contributed by atoms with Crippen molar-refractivity contribution < 1.29 is 23.5 Å². The van der Waals surface area contributed by atoms with E-state index in [1.165, 1.54) is 12.1 Å². The lowest BCUT2D eigenvalue weighted by molar-refractivity contribution is -0.123. The maximum Gasteiger partial charge on any atom is 0.329 e. The number of nitrogens with one attached hydrogen (secondary N) is 1. The van der Waals surface area contributed by atoms with Crippen LogP contribution in [0.25, 0.3) is 16.8 Å². The number of methoxy groups -OCH3 is 1. The van der Waals surface area contributed by atoms with Crippen LogP contribution < -0.4 is 14.8 Å². The van der Waals surface area contributed by atoms with E-state index in [-0.39, 0.29) is 18.1 Å². The Labute approximate surface area is 226 Å². The summed E-state index contributed by atoms with van der Waals surface area (Å²) >= 11 is 2.17. The van der Waals surface area contributed by atoms with Crippen LogP contribution in [0.15, 0.2) is 84.6 Å². The number of amides is 3. The molecule has 0 spiro atoms. The SMILES string of the molecule is COc1cc(/C=C2/NC(=O)N(Cc3ccc(F)cc3)C2=O)cc(I)c1OCc1cccc2ccccc12. The quantitative estimate of drug-likeness (QED) is 0.153. The van der Waals surface area contributed by atoms with Gasteiger partial charge in [-0.25, -0.2) is 9.18 Å². The Hall–Kier alpha value is -3.92. The molecule has 186 valence electrons. The predicted molar refractivity (Wildman–Crippen MR) is 147 cm³/mol. The highest BCUT2D eigenvalue weighted by atomic mass is 127. The van der Waals surface area contributed by atoms with E-state index < -0.39 is 11.9 Å². The van der Waals surface area contributed by atoms with E-state index in [9.17, 15) is 14.0 Å². The first-order valence-corrected chi connectivity index (χ1v) is 12.6. The van der Waals surface area contributed by atoms with Crippen LogP contribution in [-0.4, -0.2) is 23.9 Å². The second-order valence-electron chi connectivity index (χ2n) is 8.47. The van der Waals surface area contributed by atoms with Crippen molar-refractivity contribution in [2.75, 3.05) is 7.11 Å². The van der Waals surface area contributed by atoms with Crippen LogP contribution in [0.5, 0.6) is 11.5 Å². The Morgan fingerprint density at radius 3 is 2.54 bits per heavy atom. The molecule has 4 aromatic carbocycles. The van der Waals surface area contributed by atoms with Gasteiger partial charge in [-0.1, -0.05) is 54.6 Å². The zero-order chi connectivity index (χ0) is 25.9. The summed E-state index contributed by atoms with van der Waals surface area (Å²) in [4.78, 5) is 26.4. The third-order valence-electron chi connectivity index (χ3n) is 6.03. The summed E-state index contributed by atoms with van der Waals surface area (Å²) in [5.41, 5.74) is 2.53. The number of fused-ring (bicyclic) bond motifs is 1. The first-order valence-electron chi connectivity index (χ1n) is 11.5. The van der Waals surface area contributed by atoms with E-state index in [0.717, 1.165) is 24.8 Å². The van der Waals surface area contributed by atoms with Gasteiger partial charge in [0.15, 0.2) is 11.5 Å². The first-order chi connectivity index (χ1) is 17.9. The largest absolute Gasteiger partial charge is 0.493 e. The Bertz CT molecular complexity index is 1530. The standard InChI is InChI=1S/C29H22FIN2O4/c1-36-26-15-19(14-25-28(34)33(29(35)32-25)16-18-9-11-22(30)12-10-18)13-24(31)27(26)37-17-21-7-4-6-20-5-2-3-8-23(20)21/h2-15H,16-17H2,1H3,(H,32,35)/b25-14+. The van der Waals surface area contributed by atoms with Crippen molar-refractivity contribution in [1.82, 2.24) is 10.2 Å². The zero-order valence-corrected chi connectivity index (χ0v) is 22.0. The number of benzene rings is 4. The van der Waals surface area contributed by atoms with Crippen molar-refractivity contribution in [3.63, 3.8) is 0 Å². The predicted octanol–water partition coefficient (Wildman–Crippen LogP) is 6.26. The molecule has 1 N–H and O–H groups in total. The summed E-state index contributed by atoms with van der Waals surface area (Å²) < 4.78 is 25.8. The molecular weight excluding hydrogens is 586 g/mol. The Kier molecular flexibility index (Phi) is 7.09. The van der Waals surface area contributed by atoms with Crippen LogP contribution in [0.3, 0.4) is 0 Å². The zero-order valence-electron chi connectivity index (χ0n) is 19.8. The number of imide groups is 1. The van der Waals surface area contributed by atoms with E-state index >= 15 is 0 Å². The smallest absolute Gasteiger partial charge is 0.329 e. The van der Waals surface area contributed by atoms with Gasteiger partial charge in [-0.15, -0.1) is 0 Å². The average Bonchev–Trinajstić information content (AvgIpc) is 3.16. The normalized spacial score (nSPS) is 14.4. The van der Waals surface area contributed by atoms with Gasteiger partial charge in [-0.05, 0) is 80.4 Å². The molecule has 0 unspecified atom stereocenters. The lowest BCUT2D eigenvalue weighted by atomic mass is 10.1. The molecule has 1 heterocycles. The summed E-state index contributed by atoms with van der Waals surface area (Å²) in [7, 11) is 1.56. The van der Waals surface area contributed by atoms with E-state index in [0.29, 0.717) is 29.2 Å². The molecule has 0 radical (unpaired) electrons. The molecule has 3 amide bonds. The second-order valence-corrected chi connectivity index (χ2v) is 9.63. The van der Waals surface area contributed by atoms with Gasteiger partial charge < -0.3 is 14.8 Å². The summed E-state index contributed by atoms with van der Waals surface area (Å²) in [6.07, 6.45) is 1.60. The van der Waals surface area contributed by atoms with Crippen molar-refractivity contribution in [3.8, 4) is 11.5 Å². The van der Waals surface area contributed by atoms with Gasteiger partial charge in [0.1, 0.15) is 18.1 Å². The second kappa shape index (κ2) is 10.6. The highest BCUT2D eigenvalue weighted by Gasteiger charge is 2.33. The van der Waals surface area contributed by atoms with Gasteiger partial charge >= 0.3 is 6.03 Å². The number of urea groups is 1. The molecular formula is C29H22FIN2O4. The van der Waals surface area contributed by atoms with Gasteiger partial charge in [0.05, 0.1) is 17.2 Å². The molecule has 4 aromatic rings. The van der Waals surface area contributed by atoms with E-state index in [1.54, 1.807) is 31.4 Å². The molecule has 37 heavy (non-hydrogen) atoms. The molecule has 1 saturated heterocycles. The van der Waals surface area contributed by atoms with Crippen molar-refractivity contribution in [1.29, 1.82) is 0 Å². The fourth-order valence-electron chi connectivity index (χ4n) is 4.19. The highest BCUT2D eigenvalue weighted by molar-refractivity contribution is 14.1. The maximum absolute atomic E-state index is 13.2. The van der Waals surface area contributed by atoms with Gasteiger partial charge in [0.2, 0.25) is 0 Å². The maximum atomic E-state index is 13.2. The van der Waals surface area contributed by atoms with Crippen LogP contribution in [-0.2, 0) is 17.9 Å². The van der Waals surface area contributed by atoms with Gasteiger partial charge in [0, 0.05) is 0 Å². The van der Waals surface area contributed by atoms with Gasteiger partial charge in [-0.2, -0.15) is 0 Å². The lowest BCUT2D eigenvalue weighted by Gasteiger charge is -2.15. The molecule has 1 aliphatic heterocycles. The van der Waals surface area contributed by atoms with Crippen LogP contribution in [0.1, 0.15) is 16.7 Å². The Balaban J connectivity index is 1.36. The first kappa shape index (κ1) is 24.8. The number of ether oxygens (including phenoxy) is 2. The number of rotatable bonds is 7. The van der Waals surface area contributed by atoms with Crippen molar-refractivity contribution in [2.24, 2.45) is 0 Å². The molecule has 0 saturated carbocycles. The summed E-state index contributed by atoms with van der Waals surface area (Å²) in [6.45, 7) is 0.408. The van der Waals surface area contributed by atoms with Crippen LogP contribution in [0.4, 0.5) is 9.18 Å². The fourth-order valence-corrected chi connectivity index (χ4v) is 4.97. The molecule has 0 bridgehead atoms. The number of hydrogen-bond acceptors (Lipinski definition) is 4. The Morgan fingerprint density at radius 2 is 1.76 bits per heavy atom. The highest BCUT2D eigenvalue weighted by Crippen LogP contribution is 2.36. The van der Waals surface area contributed by atoms with E-state index in [1.807, 2.05) is 30.3 Å². The average molecular weight is 608 g/mol. The molecule has 0 aromatic heterocycles. The number of carbonyl (C=O) groups is 2. The minimum Gasteiger partial charge on any atom is -0.493 e. The summed E-state index contributed by atoms with van der Waals surface area (Å²) in [5, 5.41) is 4.89. The van der Waals surface area contributed by atoms with Crippen LogP contribution >= 0.6 is 22.6 Å². The fraction of sp³-hybridized carbons (Fsp3) is 0.103. The third-order valence-corrected chi connectivity index (χ3v) is 6.83. The van der Waals surface area contributed by atoms with Crippen LogP contribution in [0.2, 0.25) is 0 Å². The minimum atomic E-state index is -0.530. The van der Waals surface area contributed by atoms with Gasteiger partial charge in [0.25, 0.3) is 5.91 Å². The molecule has 8 heteroatoms. The number of halogens is 2. The van der Waals surface area contributed by atoms with Gasteiger partial charge in [-0.3, -0.25) is 9.69 Å². The molecule has 1 aliphatic rings. The van der Waals surface area contributed by atoms with Crippen molar-refractivity contribution in [2.45, 2.75) is 13.2 Å². The number of nitrogens with zero attached hydrogens (tertiary/aromatic N) is 1. The molecule has 5 rings (SSSR count). The molecule has 0 aliphatic carbocycles.